The van der Waals surface area contributed by atoms with E-state index < -0.39 is 5.41 Å². The molecule has 16 heavy (non-hydrogen) atoms. The van der Waals surface area contributed by atoms with Crippen LogP contribution in [-0.2, 0) is 14.3 Å². The maximum atomic E-state index is 12.2. The minimum Gasteiger partial charge on any atom is -0.493 e. The molecule has 2 aliphatic carbocycles. The van der Waals surface area contributed by atoms with Crippen molar-refractivity contribution < 1.29 is 14.3 Å². The Morgan fingerprint density at radius 1 is 1.44 bits per heavy atom. The molecule has 3 heteroatoms. The molecule has 0 saturated carbocycles. The zero-order valence-corrected chi connectivity index (χ0v) is 9.87. The molecule has 86 valence electrons. The Bertz CT molecular complexity index is 417. The molecule has 0 saturated heterocycles. The normalized spacial score (nSPS) is 34.1. The predicted molar refractivity (Wildman–Crippen MR) is 59.7 cm³/mol. The van der Waals surface area contributed by atoms with Crippen molar-refractivity contribution in [3.05, 3.63) is 23.5 Å². The van der Waals surface area contributed by atoms with Gasteiger partial charge in [0.25, 0.3) is 0 Å². The number of rotatable bonds is 1. The van der Waals surface area contributed by atoms with Gasteiger partial charge >= 0.3 is 0 Å². The second kappa shape index (κ2) is 3.58. The van der Waals surface area contributed by atoms with Gasteiger partial charge in [-0.3, -0.25) is 9.59 Å². The fourth-order valence-corrected chi connectivity index (χ4v) is 2.75. The minimum absolute atomic E-state index is 0.0164. The van der Waals surface area contributed by atoms with Gasteiger partial charge in [-0.05, 0) is 19.8 Å². The highest BCUT2D eigenvalue weighted by Gasteiger charge is 2.50. The van der Waals surface area contributed by atoms with Gasteiger partial charge in [0.2, 0.25) is 5.78 Å². The van der Waals surface area contributed by atoms with Crippen LogP contribution in [-0.4, -0.2) is 18.7 Å². The largest absolute Gasteiger partial charge is 0.493 e. The van der Waals surface area contributed by atoms with E-state index in [1.165, 1.54) is 18.8 Å². The first-order valence-corrected chi connectivity index (χ1v) is 5.49. The fraction of sp³-hybridized carbons (Fsp3) is 0.538. The SMILES string of the molecule is COC1=CC(=O)C2CC=C(C)C[C@]2(C)C1=O. The Hall–Kier alpha value is -1.38. The summed E-state index contributed by atoms with van der Waals surface area (Å²) < 4.78 is 4.99. The van der Waals surface area contributed by atoms with Crippen LogP contribution in [0.4, 0.5) is 0 Å². The van der Waals surface area contributed by atoms with Crippen molar-refractivity contribution in [3.63, 3.8) is 0 Å². The summed E-state index contributed by atoms with van der Waals surface area (Å²) in [5.74, 6) is -0.0178. The van der Waals surface area contributed by atoms with Crippen LogP contribution in [0.5, 0.6) is 0 Å². The molecule has 0 aromatic carbocycles. The Morgan fingerprint density at radius 2 is 2.12 bits per heavy atom. The lowest BCUT2D eigenvalue weighted by Crippen LogP contribution is -2.45. The number of carbonyl (C=O) groups is 2. The summed E-state index contributed by atoms with van der Waals surface area (Å²) in [7, 11) is 1.44. The minimum atomic E-state index is -0.601. The number of carbonyl (C=O) groups excluding carboxylic acids is 2. The van der Waals surface area contributed by atoms with Gasteiger partial charge in [0, 0.05) is 17.4 Å². The monoisotopic (exact) mass is 220 g/mol. The Balaban J connectivity index is 2.47. The van der Waals surface area contributed by atoms with Crippen LogP contribution in [0.15, 0.2) is 23.5 Å². The number of Topliss-reactive ketones (excluding diaryl/α,β-unsaturated/α-hetero) is 1. The average Bonchev–Trinajstić information content (AvgIpc) is 2.23. The van der Waals surface area contributed by atoms with Gasteiger partial charge in [-0.15, -0.1) is 0 Å². The van der Waals surface area contributed by atoms with Crippen molar-refractivity contribution in [1.29, 1.82) is 0 Å². The Labute approximate surface area is 95.2 Å². The average molecular weight is 220 g/mol. The molecule has 0 aromatic heterocycles. The highest BCUT2D eigenvalue weighted by molar-refractivity contribution is 6.11. The molecule has 0 amide bonds. The third-order valence-corrected chi connectivity index (χ3v) is 3.70. The van der Waals surface area contributed by atoms with Gasteiger partial charge in [0.15, 0.2) is 11.5 Å². The van der Waals surface area contributed by atoms with Crippen LogP contribution in [0, 0.1) is 11.3 Å². The van der Waals surface area contributed by atoms with Crippen molar-refractivity contribution in [3.8, 4) is 0 Å². The zero-order valence-electron chi connectivity index (χ0n) is 9.87. The summed E-state index contributed by atoms with van der Waals surface area (Å²) in [6, 6.07) is 0. The fourth-order valence-electron chi connectivity index (χ4n) is 2.75. The van der Waals surface area contributed by atoms with Crippen molar-refractivity contribution in [1.82, 2.24) is 0 Å². The van der Waals surface area contributed by atoms with Crippen molar-refractivity contribution in [2.45, 2.75) is 26.7 Å². The molecular weight excluding hydrogens is 204 g/mol. The lowest BCUT2D eigenvalue weighted by Gasteiger charge is -2.40. The van der Waals surface area contributed by atoms with Crippen LogP contribution in [0.3, 0.4) is 0 Å². The van der Waals surface area contributed by atoms with E-state index in [1.807, 2.05) is 13.8 Å². The Morgan fingerprint density at radius 3 is 2.75 bits per heavy atom. The number of fused-ring (bicyclic) bond motifs is 1. The molecule has 2 atom stereocenters. The van der Waals surface area contributed by atoms with E-state index in [2.05, 4.69) is 6.08 Å². The van der Waals surface area contributed by atoms with E-state index in [4.69, 9.17) is 4.74 Å². The van der Waals surface area contributed by atoms with Gasteiger partial charge in [-0.25, -0.2) is 0 Å². The predicted octanol–water partition coefficient (Wildman–Crippen LogP) is 2.03. The highest BCUT2D eigenvalue weighted by atomic mass is 16.5. The molecule has 2 aliphatic rings. The van der Waals surface area contributed by atoms with E-state index >= 15 is 0 Å². The molecule has 0 bridgehead atoms. The topological polar surface area (TPSA) is 43.4 Å². The summed E-state index contributed by atoms with van der Waals surface area (Å²) in [5.41, 5.74) is 0.577. The van der Waals surface area contributed by atoms with Gasteiger partial charge in [0.05, 0.1) is 7.11 Å². The van der Waals surface area contributed by atoms with Crippen molar-refractivity contribution in [2.24, 2.45) is 11.3 Å². The number of hydrogen-bond donors (Lipinski definition) is 0. The van der Waals surface area contributed by atoms with E-state index in [9.17, 15) is 9.59 Å². The summed E-state index contributed by atoms with van der Waals surface area (Å²) in [6.45, 7) is 3.88. The maximum Gasteiger partial charge on any atom is 0.204 e. The molecule has 0 aromatic rings. The number of methoxy groups -OCH3 is 1. The molecule has 0 heterocycles. The summed E-state index contributed by atoms with van der Waals surface area (Å²) in [6.07, 6.45) is 4.73. The quantitative estimate of drug-likeness (QED) is 0.635. The van der Waals surface area contributed by atoms with Crippen LogP contribution in [0.25, 0.3) is 0 Å². The molecule has 0 N–H and O–H groups in total. The number of hydrogen-bond acceptors (Lipinski definition) is 3. The third kappa shape index (κ3) is 1.42. The van der Waals surface area contributed by atoms with Crippen LogP contribution < -0.4 is 0 Å². The van der Waals surface area contributed by atoms with Gasteiger partial charge in [-0.2, -0.15) is 0 Å². The van der Waals surface area contributed by atoms with E-state index in [0.29, 0.717) is 12.8 Å². The summed E-state index contributed by atoms with van der Waals surface area (Å²) in [4.78, 5) is 24.1. The second-order valence-electron chi connectivity index (χ2n) is 4.88. The molecule has 0 fully saturated rings. The first kappa shape index (κ1) is 11.1. The zero-order chi connectivity index (χ0) is 11.9. The van der Waals surface area contributed by atoms with Crippen LogP contribution >= 0.6 is 0 Å². The van der Waals surface area contributed by atoms with Gasteiger partial charge in [0.1, 0.15) is 0 Å². The highest BCUT2D eigenvalue weighted by Crippen LogP contribution is 2.46. The lowest BCUT2D eigenvalue weighted by molar-refractivity contribution is -0.139. The summed E-state index contributed by atoms with van der Waals surface area (Å²) >= 11 is 0. The molecule has 3 nitrogen and oxygen atoms in total. The van der Waals surface area contributed by atoms with Crippen molar-refractivity contribution in [2.75, 3.05) is 7.11 Å². The molecule has 0 aliphatic heterocycles. The van der Waals surface area contributed by atoms with E-state index in [0.717, 1.165) is 0 Å². The molecule has 0 radical (unpaired) electrons. The second-order valence-corrected chi connectivity index (χ2v) is 4.88. The molecule has 1 unspecified atom stereocenters. The molecule has 2 rings (SSSR count). The third-order valence-electron chi connectivity index (χ3n) is 3.70. The van der Waals surface area contributed by atoms with E-state index in [-0.39, 0.29) is 23.2 Å². The molecule has 0 spiro atoms. The first-order chi connectivity index (χ1) is 7.49. The summed E-state index contributed by atoms with van der Waals surface area (Å²) in [5, 5.41) is 0. The number of ether oxygens (including phenoxy) is 1. The van der Waals surface area contributed by atoms with Crippen LogP contribution in [0.2, 0.25) is 0 Å². The number of ketones is 2. The molecular formula is C13H16O3. The lowest BCUT2D eigenvalue weighted by atomic mass is 9.61. The van der Waals surface area contributed by atoms with Gasteiger partial charge < -0.3 is 4.74 Å². The van der Waals surface area contributed by atoms with Crippen LogP contribution in [0.1, 0.15) is 26.7 Å². The standard InChI is InChI=1S/C13H16O3/c1-8-4-5-9-10(14)6-11(16-3)12(15)13(9,2)7-8/h4,6,9H,5,7H2,1-3H3/t9?,13-/m0/s1. The maximum absolute atomic E-state index is 12.2. The number of allylic oxidation sites excluding steroid dienone is 4. The van der Waals surface area contributed by atoms with Gasteiger partial charge in [-0.1, -0.05) is 18.6 Å². The smallest absolute Gasteiger partial charge is 0.204 e. The Kier molecular flexibility index (Phi) is 2.49. The van der Waals surface area contributed by atoms with E-state index in [1.54, 1.807) is 0 Å². The first-order valence-electron chi connectivity index (χ1n) is 5.49. The van der Waals surface area contributed by atoms with Crippen molar-refractivity contribution >= 4 is 11.6 Å².